The van der Waals surface area contributed by atoms with Crippen LogP contribution < -0.4 is 15.2 Å². The first-order chi connectivity index (χ1) is 17.1. The third kappa shape index (κ3) is 4.68. The molecule has 0 amide bonds. The summed E-state index contributed by atoms with van der Waals surface area (Å²) in [6.07, 6.45) is 2.29. The Morgan fingerprint density at radius 2 is 1.83 bits per heavy atom. The minimum atomic E-state index is -3.61. The standard InChI is InChI=1S/C24H24F2N4O5S/c1-5-35-23-20(34-3)10-9-17(28-23)19(13-36(4,32)33)30-22-18(29(2)24(30)31)11-14(12-27-22)21-15(25)7-6-8-16(21)26/h6-12,19H,5,13H2,1-4H3/t19-/m1/s1. The summed E-state index contributed by atoms with van der Waals surface area (Å²) in [6.45, 7) is 2.05. The second kappa shape index (κ2) is 9.69. The predicted octanol–water partition coefficient (Wildman–Crippen LogP) is 3.12. The van der Waals surface area contributed by atoms with Gasteiger partial charge in [-0.05, 0) is 37.3 Å². The van der Waals surface area contributed by atoms with E-state index < -0.39 is 39.0 Å². The van der Waals surface area contributed by atoms with E-state index >= 15 is 0 Å². The van der Waals surface area contributed by atoms with E-state index in [1.54, 1.807) is 19.1 Å². The van der Waals surface area contributed by atoms with Gasteiger partial charge >= 0.3 is 5.69 Å². The van der Waals surface area contributed by atoms with E-state index in [9.17, 15) is 22.0 Å². The molecule has 0 bridgehead atoms. The van der Waals surface area contributed by atoms with E-state index in [1.807, 2.05) is 0 Å². The van der Waals surface area contributed by atoms with Crippen LogP contribution in [0.15, 0.2) is 47.4 Å². The van der Waals surface area contributed by atoms with Crippen LogP contribution in [0.5, 0.6) is 11.6 Å². The largest absolute Gasteiger partial charge is 0.491 e. The lowest BCUT2D eigenvalue weighted by atomic mass is 10.1. The molecule has 0 aliphatic carbocycles. The number of ether oxygens (including phenoxy) is 2. The van der Waals surface area contributed by atoms with Gasteiger partial charge in [0.2, 0.25) is 0 Å². The summed E-state index contributed by atoms with van der Waals surface area (Å²) in [5.74, 6) is -1.52. The van der Waals surface area contributed by atoms with Gasteiger partial charge in [-0.2, -0.15) is 0 Å². The lowest BCUT2D eigenvalue weighted by molar-refractivity contribution is 0.296. The average molecular weight is 519 g/mol. The smallest absolute Gasteiger partial charge is 0.330 e. The topological polar surface area (TPSA) is 105 Å². The number of sulfone groups is 1. The van der Waals surface area contributed by atoms with Crippen molar-refractivity contribution in [1.82, 2.24) is 19.1 Å². The molecule has 0 aliphatic heterocycles. The number of imidazole rings is 1. The molecule has 1 aromatic carbocycles. The molecule has 3 heterocycles. The van der Waals surface area contributed by atoms with Gasteiger partial charge < -0.3 is 9.47 Å². The van der Waals surface area contributed by atoms with E-state index in [4.69, 9.17) is 9.47 Å². The van der Waals surface area contributed by atoms with Crippen molar-refractivity contribution in [1.29, 1.82) is 0 Å². The molecule has 0 fully saturated rings. The number of fused-ring (bicyclic) bond motifs is 1. The lowest BCUT2D eigenvalue weighted by Gasteiger charge is -2.19. The Balaban J connectivity index is 1.95. The van der Waals surface area contributed by atoms with Crippen LogP contribution >= 0.6 is 0 Å². The summed E-state index contributed by atoms with van der Waals surface area (Å²) in [4.78, 5) is 22.1. The molecule has 0 N–H and O–H groups in total. The molecule has 0 spiro atoms. The van der Waals surface area contributed by atoms with Gasteiger partial charge in [-0.25, -0.2) is 32.0 Å². The van der Waals surface area contributed by atoms with E-state index in [2.05, 4.69) is 9.97 Å². The fourth-order valence-corrected chi connectivity index (χ4v) is 4.92. The SMILES string of the molecule is CCOc1nc([C@@H](CS(C)(=O)=O)n2c(=O)n(C)c3cc(-c4c(F)cccc4F)cnc32)ccc1OC. The molecule has 4 rings (SSSR count). The highest BCUT2D eigenvalue weighted by molar-refractivity contribution is 7.90. The maximum absolute atomic E-state index is 14.4. The Bertz CT molecular complexity index is 1590. The van der Waals surface area contributed by atoms with Crippen molar-refractivity contribution < 1.29 is 26.7 Å². The molecular weight excluding hydrogens is 494 g/mol. The molecule has 190 valence electrons. The van der Waals surface area contributed by atoms with E-state index in [0.717, 1.165) is 18.4 Å². The van der Waals surface area contributed by atoms with Gasteiger partial charge in [0.25, 0.3) is 5.88 Å². The zero-order valence-corrected chi connectivity index (χ0v) is 20.8. The predicted molar refractivity (Wildman–Crippen MR) is 130 cm³/mol. The molecule has 12 heteroatoms. The molecular formula is C24H24F2N4O5S. The second-order valence-corrected chi connectivity index (χ2v) is 10.3. The van der Waals surface area contributed by atoms with Crippen LogP contribution in [0.1, 0.15) is 18.7 Å². The third-order valence-corrected chi connectivity index (χ3v) is 6.56. The fraction of sp³-hybridized carbons (Fsp3) is 0.292. The molecule has 9 nitrogen and oxygen atoms in total. The van der Waals surface area contributed by atoms with E-state index in [1.165, 1.54) is 41.6 Å². The summed E-state index contributed by atoms with van der Waals surface area (Å²) in [6, 6.07) is 6.99. The summed E-state index contributed by atoms with van der Waals surface area (Å²) in [5, 5.41) is 0. The van der Waals surface area contributed by atoms with Crippen LogP contribution in [0, 0.1) is 11.6 Å². The number of aryl methyl sites for hydroxylation is 1. The van der Waals surface area contributed by atoms with Gasteiger partial charge in [0.05, 0.1) is 42.3 Å². The quantitative estimate of drug-likeness (QED) is 0.353. The first-order valence-electron chi connectivity index (χ1n) is 10.9. The Kier molecular flexibility index (Phi) is 6.81. The molecule has 0 saturated carbocycles. The van der Waals surface area contributed by atoms with Gasteiger partial charge in [-0.15, -0.1) is 0 Å². The highest BCUT2D eigenvalue weighted by Crippen LogP contribution is 2.31. The summed E-state index contributed by atoms with van der Waals surface area (Å²) in [5.41, 5.74) is -0.0905. The van der Waals surface area contributed by atoms with Crippen LogP contribution in [0.3, 0.4) is 0 Å². The zero-order chi connectivity index (χ0) is 26.2. The first kappa shape index (κ1) is 25.3. The lowest BCUT2D eigenvalue weighted by Crippen LogP contribution is -2.31. The number of pyridine rings is 2. The monoisotopic (exact) mass is 518 g/mol. The molecule has 1 atom stereocenters. The van der Waals surface area contributed by atoms with Crippen molar-refractivity contribution in [3.05, 3.63) is 70.4 Å². The number of methoxy groups -OCH3 is 1. The number of benzene rings is 1. The first-order valence-corrected chi connectivity index (χ1v) is 13.0. The van der Waals surface area contributed by atoms with Gasteiger partial charge in [-0.1, -0.05) is 6.07 Å². The molecule has 0 aliphatic rings. The Hall–Kier alpha value is -3.80. The van der Waals surface area contributed by atoms with Crippen LogP contribution in [-0.4, -0.2) is 53.2 Å². The minimum absolute atomic E-state index is 0.131. The Morgan fingerprint density at radius 3 is 2.44 bits per heavy atom. The molecule has 3 aromatic heterocycles. The van der Waals surface area contributed by atoms with Crippen LogP contribution in [-0.2, 0) is 16.9 Å². The third-order valence-electron chi connectivity index (χ3n) is 5.64. The number of hydrogen-bond acceptors (Lipinski definition) is 7. The summed E-state index contributed by atoms with van der Waals surface area (Å²) >= 11 is 0. The minimum Gasteiger partial charge on any atom is -0.491 e. The van der Waals surface area contributed by atoms with Crippen molar-refractivity contribution in [2.45, 2.75) is 13.0 Å². The molecule has 0 saturated heterocycles. The Labute approximate surface area is 205 Å². The van der Waals surface area contributed by atoms with Crippen molar-refractivity contribution in [2.75, 3.05) is 25.7 Å². The number of aromatic nitrogens is 4. The van der Waals surface area contributed by atoms with Crippen LogP contribution in [0.25, 0.3) is 22.3 Å². The van der Waals surface area contributed by atoms with Crippen molar-refractivity contribution in [2.24, 2.45) is 7.05 Å². The molecule has 36 heavy (non-hydrogen) atoms. The maximum atomic E-state index is 14.4. The fourth-order valence-electron chi connectivity index (χ4n) is 4.03. The van der Waals surface area contributed by atoms with Gasteiger partial charge in [0.1, 0.15) is 21.5 Å². The summed E-state index contributed by atoms with van der Waals surface area (Å²) < 4.78 is 66.8. The normalized spacial score (nSPS) is 12.6. The highest BCUT2D eigenvalue weighted by Gasteiger charge is 2.28. The highest BCUT2D eigenvalue weighted by atomic mass is 32.2. The van der Waals surface area contributed by atoms with Gasteiger partial charge in [-0.3, -0.25) is 9.13 Å². The average Bonchev–Trinajstić information content (AvgIpc) is 3.07. The van der Waals surface area contributed by atoms with Gasteiger partial charge in [0.15, 0.2) is 11.4 Å². The van der Waals surface area contributed by atoms with Crippen molar-refractivity contribution in [3.8, 4) is 22.8 Å². The number of halogens is 2. The summed E-state index contributed by atoms with van der Waals surface area (Å²) in [7, 11) is -0.693. The van der Waals surface area contributed by atoms with Crippen LogP contribution in [0.4, 0.5) is 8.78 Å². The number of hydrogen-bond donors (Lipinski definition) is 0. The van der Waals surface area contributed by atoms with Crippen molar-refractivity contribution in [3.63, 3.8) is 0 Å². The molecule has 4 aromatic rings. The zero-order valence-electron chi connectivity index (χ0n) is 20.0. The molecule has 0 unspecified atom stereocenters. The van der Waals surface area contributed by atoms with Crippen LogP contribution in [0.2, 0.25) is 0 Å². The van der Waals surface area contributed by atoms with E-state index in [-0.39, 0.29) is 40.5 Å². The number of nitrogens with zero attached hydrogens (tertiary/aromatic N) is 4. The maximum Gasteiger partial charge on any atom is 0.330 e. The van der Waals surface area contributed by atoms with E-state index in [0.29, 0.717) is 5.75 Å². The number of rotatable bonds is 8. The molecule has 0 radical (unpaired) electrons. The Morgan fingerprint density at radius 1 is 1.14 bits per heavy atom. The van der Waals surface area contributed by atoms with Gasteiger partial charge in [0, 0.05) is 25.1 Å². The second-order valence-electron chi connectivity index (χ2n) is 8.16. The van der Waals surface area contributed by atoms with Crippen molar-refractivity contribution >= 4 is 21.0 Å².